The van der Waals surface area contributed by atoms with Gasteiger partial charge in [0, 0.05) is 32.2 Å². The average Bonchev–Trinajstić information content (AvgIpc) is 2.52. The van der Waals surface area contributed by atoms with Gasteiger partial charge in [-0.15, -0.1) is 0 Å². The first-order valence-corrected chi connectivity index (χ1v) is 9.80. The Morgan fingerprint density at radius 1 is 1.26 bits per heavy atom. The van der Waals surface area contributed by atoms with E-state index in [0.29, 0.717) is 0 Å². The quantitative estimate of drug-likeness (QED) is 0.584. The maximum Gasteiger partial charge on any atom is 0.410 e. The van der Waals surface area contributed by atoms with E-state index in [-0.39, 0.29) is 31.2 Å². The molecule has 1 saturated heterocycles. The van der Waals surface area contributed by atoms with Crippen LogP contribution in [0.1, 0.15) is 20.8 Å². The fourth-order valence-electron chi connectivity index (χ4n) is 2.50. The molecule has 0 spiro atoms. The standard InChI is InChI=1S/C15H20ClN3O7S/c1-15(2,3)26-14(21)17-6-8-18(9-7-17)27(24,25)13-10(16)4-5-11(12(13)20)19(22)23/h4-5,20H,6-9H2,1-3H3. The number of nitro benzene ring substituents is 1. The molecule has 0 bridgehead atoms. The molecule has 0 atom stereocenters. The first-order valence-electron chi connectivity index (χ1n) is 7.98. The summed E-state index contributed by atoms with van der Waals surface area (Å²) in [7, 11) is -4.30. The van der Waals surface area contributed by atoms with E-state index in [1.54, 1.807) is 20.8 Å². The highest BCUT2D eigenvalue weighted by Gasteiger charge is 2.36. The molecule has 1 amide bonds. The number of phenols is 1. The molecule has 150 valence electrons. The molecule has 27 heavy (non-hydrogen) atoms. The normalized spacial score (nSPS) is 16.2. The zero-order valence-electron chi connectivity index (χ0n) is 15.0. The van der Waals surface area contributed by atoms with Gasteiger partial charge in [0.15, 0.2) is 0 Å². The highest BCUT2D eigenvalue weighted by Crippen LogP contribution is 2.39. The van der Waals surface area contributed by atoms with Crippen molar-refractivity contribution >= 4 is 33.4 Å². The Balaban J connectivity index is 2.22. The zero-order chi connectivity index (χ0) is 20.6. The van der Waals surface area contributed by atoms with Crippen LogP contribution in [0, 0.1) is 10.1 Å². The Morgan fingerprint density at radius 2 is 1.81 bits per heavy atom. The summed E-state index contributed by atoms with van der Waals surface area (Å²) in [4.78, 5) is 22.8. The van der Waals surface area contributed by atoms with E-state index in [2.05, 4.69) is 0 Å². The smallest absolute Gasteiger partial charge is 0.410 e. The summed E-state index contributed by atoms with van der Waals surface area (Å²) < 4.78 is 31.9. The van der Waals surface area contributed by atoms with Crippen molar-refractivity contribution in [2.24, 2.45) is 0 Å². The number of halogens is 1. The molecule has 1 heterocycles. The Bertz CT molecular complexity index is 859. The van der Waals surface area contributed by atoms with Crippen LogP contribution in [0.5, 0.6) is 5.75 Å². The number of aromatic hydroxyl groups is 1. The van der Waals surface area contributed by atoms with Crippen molar-refractivity contribution in [1.82, 2.24) is 9.21 Å². The van der Waals surface area contributed by atoms with Gasteiger partial charge in [0.1, 0.15) is 10.5 Å². The number of hydrogen-bond donors (Lipinski definition) is 1. The van der Waals surface area contributed by atoms with Gasteiger partial charge in [-0.05, 0) is 26.8 Å². The second kappa shape index (κ2) is 7.49. The van der Waals surface area contributed by atoms with Crippen molar-refractivity contribution in [2.75, 3.05) is 26.2 Å². The van der Waals surface area contributed by atoms with Crippen LogP contribution in [0.4, 0.5) is 10.5 Å². The van der Waals surface area contributed by atoms with Gasteiger partial charge in [-0.3, -0.25) is 10.1 Å². The molecule has 12 heteroatoms. The third kappa shape index (κ3) is 4.60. The van der Waals surface area contributed by atoms with Crippen molar-refractivity contribution in [1.29, 1.82) is 0 Å². The summed E-state index contributed by atoms with van der Waals surface area (Å²) in [5, 5.41) is 20.7. The Morgan fingerprint density at radius 3 is 2.30 bits per heavy atom. The number of ether oxygens (including phenoxy) is 1. The number of hydrogen-bond acceptors (Lipinski definition) is 7. The van der Waals surface area contributed by atoms with Crippen LogP contribution < -0.4 is 0 Å². The molecule has 0 aliphatic carbocycles. The second-order valence-electron chi connectivity index (χ2n) is 6.87. The van der Waals surface area contributed by atoms with Gasteiger partial charge in [0.2, 0.25) is 15.8 Å². The van der Waals surface area contributed by atoms with Crippen LogP contribution in [-0.2, 0) is 14.8 Å². The van der Waals surface area contributed by atoms with Gasteiger partial charge < -0.3 is 14.7 Å². The van der Waals surface area contributed by atoms with Crippen LogP contribution in [0.2, 0.25) is 5.02 Å². The van der Waals surface area contributed by atoms with Gasteiger partial charge in [0.25, 0.3) is 0 Å². The molecule has 1 aliphatic heterocycles. The molecule has 0 saturated carbocycles. The number of amides is 1. The van der Waals surface area contributed by atoms with Crippen molar-refractivity contribution < 1.29 is 28.0 Å². The molecule has 1 aromatic carbocycles. The summed E-state index contributed by atoms with van der Waals surface area (Å²) in [6, 6.07) is 1.97. The minimum absolute atomic E-state index is 0.0694. The Hall–Kier alpha value is -2.11. The molecular weight excluding hydrogens is 402 g/mol. The van der Waals surface area contributed by atoms with Gasteiger partial charge in [-0.1, -0.05) is 11.6 Å². The SMILES string of the molecule is CC(C)(C)OC(=O)N1CCN(S(=O)(=O)c2c(Cl)ccc([N+](=O)[O-])c2O)CC1. The summed E-state index contributed by atoms with van der Waals surface area (Å²) in [6.45, 7) is 5.17. The number of nitro groups is 1. The lowest BCUT2D eigenvalue weighted by Crippen LogP contribution is -2.51. The van der Waals surface area contributed by atoms with Crippen LogP contribution >= 0.6 is 11.6 Å². The predicted octanol–water partition coefficient (Wildman–Crippen LogP) is 2.20. The van der Waals surface area contributed by atoms with Gasteiger partial charge in [-0.2, -0.15) is 4.31 Å². The topological polar surface area (TPSA) is 130 Å². The largest absolute Gasteiger partial charge is 0.501 e. The monoisotopic (exact) mass is 421 g/mol. The molecule has 0 unspecified atom stereocenters. The van der Waals surface area contributed by atoms with E-state index in [0.717, 1.165) is 16.4 Å². The summed E-state index contributed by atoms with van der Waals surface area (Å²) in [5.74, 6) is -1.01. The minimum Gasteiger partial charge on any atom is -0.501 e. The summed E-state index contributed by atoms with van der Waals surface area (Å²) in [5.41, 5.74) is -1.44. The minimum atomic E-state index is -4.30. The van der Waals surface area contributed by atoms with E-state index in [1.807, 2.05) is 0 Å². The first-order chi connectivity index (χ1) is 12.3. The Kier molecular flexibility index (Phi) is 5.88. The van der Waals surface area contributed by atoms with E-state index >= 15 is 0 Å². The number of sulfonamides is 1. The lowest BCUT2D eigenvalue weighted by molar-refractivity contribution is -0.386. The lowest BCUT2D eigenvalue weighted by atomic mass is 10.2. The van der Waals surface area contributed by atoms with Crippen molar-refractivity contribution in [2.45, 2.75) is 31.3 Å². The zero-order valence-corrected chi connectivity index (χ0v) is 16.6. The molecule has 1 aliphatic rings. The Labute approximate surface area is 161 Å². The van der Waals surface area contributed by atoms with Crippen LogP contribution in [0.3, 0.4) is 0 Å². The first kappa shape index (κ1) is 21.2. The van der Waals surface area contributed by atoms with E-state index in [9.17, 15) is 28.4 Å². The van der Waals surface area contributed by atoms with Crippen molar-refractivity contribution in [3.05, 3.63) is 27.3 Å². The third-order valence-corrected chi connectivity index (χ3v) is 6.15. The molecule has 1 fully saturated rings. The molecular formula is C15H20ClN3O7S. The van der Waals surface area contributed by atoms with Crippen LogP contribution in [0.15, 0.2) is 17.0 Å². The van der Waals surface area contributed by atoms with E-state index < -0.39 is 43.0 Å². The molecule has 1 N–H and O–H groups in total. The number of rotatable bonds is 3. The molecule has 0 aromatic heterocycles. The third-order valence-electron chi connectivity index (χ3n) is 3.75. The number of piperazine rings is 1. The molecule has 2 rings (SSSR count). The van der Waals surface area contributed by atoms with Gasteiger partial charge >= 0.3 is 11.8 Å². The average molecular weight is 422 g/mol. The highest BCUT2D eigenvalue weighted by molar-refractivity contribution is 7.89. The van der Waals surface area contributed by atoms with Crippen LogP contribution in [-0.4, -0.2) is 65.5 Å². The number of phenolic OH excluding ortho intramolecular Hbond substituents is 1. The van der Waals surface area contributed by atoms with Gasteiger partial charge in [0.05, 0.1) is 9.95 Å². The van der Waals surface area contributed by atoms with E-state index in [1.165, 1.54) is 4.90 Å². The van der Waals surface area contributed by atoms with Gasteiger partial charge in [-0.25, -0.2) is 13.2 Å². The van der Waals surface area contributed by atoms with Crippen molar-refractivity contribution in [3.8, 4) is 5.75 Å². The fraction of sp³-hybridized carbons (Fsp3) is 0.533. The maximum absolute atomic E-state index is 12.8. The molecule has 10 nitrogen and oxygen atoms in total. The molecule has 1 aromatic rings. The van der Waals surface area contributed by atoms with Crippen LogP contribution in [0.25, 0.3) is 0 Å². The number of benzene rings is 1. The molecule has 0 radical (unpaired) electrons. The van der Waals surface area contributed by atoms with E-state index in [4.69, 9.17) is 16.3 Å². The summed E-state index contributed by atoms with van der Waals surface area (Å²) in [6.07, 6.45) is -0.559. The predicted molar refractivity (Wildman–Crippen MR) is 96.3 cm³/mol. The number of nitrogens with zero attached hydrogens (tertiary/aromatic N) is 3. The lowest BCUT2D eigenvalue weighted by Gasteiger charge is -2.35. The van der Waals surface area contributed by atoms with Crippen molar-refractivity contribution in [3.63, 3.8) is 0 Å². The summed E-state index contributed by atoms with van der Waals surface area (Å²) >= 11 is 5.89. The number of carbonyl (C=O) groups is 1. The highest BCUT2D eigenvalue weighted by atomic mass is 35.5. The maximum atomic E-state index is 12.8. The number of carbonyl (C=O) groups excluding carboxylic acids is 1. The fourth-order valence-corrected chi connectivity index (χ4v) is 4.51. The second-order valence-corrected chi connectivity index (χ2v) is 9.15.